The van der Waals surface area contributed by atoms with Crippen LogP contribution in [-0.2, 0) is 0 Å². The van der Waals surface area contributed by atoms with Gasteiger partial charge in [0.05, 0.1) is 17.7 Å². The van der Waals surface area contributed by atoms with Gasteiger partial charge in [-0.1, -0.05) is 6.07 Å². The van der Waals surface area contributed by atoms with Crippen molar-refractivity contribution in [3.05, 3.63) is 69.3 Å². The highest BCUT2D eigenvalue weighted by atomic mass is 32.1. The highest BCUT2D eigenvalue weighted by Gasteiger charge is 2.17. The van der Waals surface area contributed by atoms with Crippen LogP contribution >= 0.6 is 11.3 Å². The highest BCUT2D eigenvalue weighted by Crippen LogP contribution is 2.31. The number of furan rings is 1. The van der Waals surface area contributed by atoms with Crippen molar-refractivity contribution in [1.29, 1.82) is 0 Å². The molecule has 1 unspecified atom stereocenters. The maximum atomic E-state index is 12.7. The summed E-state index contributed by atoms with van der Waals surface area (Å²) in [6.45, 7) is 6.16. The average Bonchev–Trinajstić information content (AvgIpc) is 3.27. The van der Waals surface area contributed by atoms with E-state index in [0.29, 0.717) is 21.8 Å². The third-order valence-corrected chi connectivity index (χ3v) is 5.42. The number of rotatable bonds is 4. The number of hydrogen-bond acceptors (Lipinski definition) is 5. The normalized spacial score (nSPS) is 12.4. The molecule has 3 heterocycles. The van der Waals surface area contributed by atoms with E-state index < -0.39 is 0 Å². The summed E-state index contributed by atoms with van der Waals surface area (Å²) in [5.74, 6) is 1.30. The summed E-state index contributed by atoms with van der Waals surface area (Å²) >= 11 is 1.45. The zero-order valence-corrected chi connectivity index (χ0v) is 15.6. The smallest absolute Gasteiger partial charge is 0.260 e. The molecule has 0 aliphatic rings. The molecule has 3 aromatic heterocycles. The predicted molar refractivity (Wildman–Crippen MR) is 106 cm³/mol. The van der Waals surface area contributed by atoms with Crippen molar-refractivity contribution in [2.24, 2.45) is 0 Å². The Morgan fingerprint density at radius 3 is 2.81 bits per heavy atom. The standard InChI is InChI=1S/C20H19N3O2S/c1-11-6-7-14(9-12(11)2)21-13(3)18-22-19(24)17-15(10-26-20(17)23-18)16-5-4-8-25-16/h4-10,13,21H,1-3H3,(H,22,23,24). The maximum Gasteiger partial charge on any atom is 0.260 e. The molecule has 0 aliphatic heterocycles. The van der Waals surface area contributed by atoms with E-state index in [0.717, 1.165) is 11.3 Å². The summed E-state index contributed by atoms with van der Waals surface area (Å²) in [4.78, 5) is 21.0. The van der Waals surface area contributed by atoms with Crippen LogP contribution in [-0.4, -0.2) is 9.97 Å². The number of aromatic nitrogens is 2. The van der Waals surface area contributed by atoms with E-state index in [1.807, 2.05) is 30.5 Å². The Morgan fingerprint density at radius 1 is 1.23 bits per heavy atom. The van der Waals surface area contributed by atoms with Gasteiger partial charge in [0.1, 0.15) is 16.4 Å². The molecule has 4 aromatic rings. The Hall–Kier alpha value is -2.86. The summed E-state index contributed by atoms with van der Waals surface area (Å²) in [5.41, 5.74) is 4.11. The summed E-state index contributed by atoms with van der Waals surface area (Å²) < 4.78 is 5.43. The number of aryl methyl sites for hydroxylation is 2. The second kappa shape index (κ2) is 6.46. The summed E-state index contributed by atoms with van der Waals surface area (Å²) in [7, 11) is 0. The van der Waals surface area contributed by atoms with E-state index in [4.69, 9.17) is 4.42 Å². The molecule has 5 nitrogen and oxygen atoms in total. The minimum absolute atomic E-state index is 0.122. The largest absolute Gasteiger partial charge is 0.464 e. The molecule has 2 N–H and O–H groups in total. The first-order valence-electron chi connectivity index (χ1n) is 8.42. The molecule has 0 saturated heterocycles. The van der Waals surface area contributed by atoms with Crippen LogP contribution in [0.2, 0.25) is 0 Å². The molecular formula is C20H19N3O2S. The molecule has 1 atom stereocenters. The SMILES string of the molecule is Cc1ccc(NC(C)c2nc3scc(-c4ccco4)c3c(=O)[nH]2)cc1C. The molecular weight excluding hydrogens is 346 g/mol. The summed E-state index contributed by atoms with van der Waals surface area (Å²) in [6.07, 6.45) is 1.60. The fourth-order valence-electron chi connectivity index (χ4n) is 2.93. The van der Waals surface area contributed by atoms with Crippen molar-refractivity contribution >= 4 is 27.2 Å². The number of benzene rings is 1. The second-order valence-corrected chi connectivity index (χ2v) is 7.28. The minimum atomic E-state index is -0.147. The molecule has 0 fully saturated rings. The zero-order chi connectivity index (χ0) is 18.3. The van der Waals surface area contributed by atoms with Crippen LogP contribution < -0.4 is 10.9 Å². The van der Waals surface area contributed by atoms with E-state index >= 15 is 0 Å². The van der Waals surface area contributed by atoms with Gasteiger partial charge in [-0.15, -0.1) is 11.3 Å². The van der Waals surface area contributed by atoms with Gasteiger partial charge in [0.25, 0.3) is 5.56 Å². The number of nitrogens with zero attached hydrogens (tertiary/aromatic N) is 1. The van der Waals surface area contributed by atoms with Gasteiger partial charge in [0.2, 0.25) is 0 Å². The van der Waals surface area contributed by atoms with Crippen LogP contribution in [0.15, 0.2) is 51.2 Å². The molecule has 0 aliphatic carbocycles. The zero-order valence-electron chi connectivity index (χ0n) is 14.8. The number of hydrogen-bond donors (Lipinski definition) is 2. The van der Waals surface area contributed by atoms with Crippen LogP contribution in [0.25, 0.3) is 21.5 Å². The van der Waals surface area contributed by atoms with Gasteiger partial charge in [-0.2, -0.15) is 0 Å². The molecule has 0 bridgehead atoms. The second-order valence-electron chi connectivity index (χ2n) is 6.42. The van der Waals surface area contributed by atoms with E-state index in [1.165, 1.54) is 22.5 Å². The first-order valence-corrected chi connectivity index (χ1v) is 9.30. The number of thiophene rings is 1. The Balaban J connectivity index is 1.69. The summed E-state index contributed by atoms with van der Waals surface area (Å²) in [5, 5.41) is 5.90. The van der Waals surface area contributed by atoms with Gasteiger partial charge in [-0.3, -0.25) is 4.79 Å². The number of nitrogens with one attached hydrogen (secondary N) is 2. The van der Waals surface area contributed by atoms with Gasteiger partial charge in [-0.25, -0.2) is 4.98 Å². The monoisotopic (exact) mass is 365 g/mol. The first-order chi connectivity index (χ1) is 12.5. The van der Waals surface area contributed by atoms with Crippen LogP contribution in [0.5, 0.6) is 0 Å². The van der Waals surface area contributed by atoms with E-state index in [1.54, 1.807) is 6.26 Å². The fraction of sp³-hybridized carbons (Fsp3) is 0.200. The van der Waals surface area contributed by atoms with Crippen LogP contribution in [0.4, 0.5) is 5.69 Å². The third-order valence-electron chi connectivity index (χ3n) is 4.55. The van der Waals surface area contributed by atoms with Crippen molar-refractivity contribution in [3.8, 4) is 11.3 Å². The van der Waals surface area contributed by atoms with Crippen molar-refractivity contribution < 1.29 is 4.42 Å². The predicted octanol–water partition coefficient (Wildman–Crippen LogP) is 5.03. The lowest BCUT2D eigenvalue weighted by Gasteiger charge is -2.15. The molecule has 0 radical (unpaired) electrons. The lowest BCUT2D eigenvalue weighted by molar-refractivity contribution is 0.583. The fourth-order valence-corrected chi connectivity index (χ4v) is 3.87. The van der Waals surface area contributed by atoms with E-state index in [9.17, 15) is 4.79 Å². The minimum Gasteiger partial charge on any atom is -0.464 e. The van der Waals surface area contributed by atoms with Crippen molar-refractivity contribution in [1.82, 2.24) is 9.97 Å². The molecule has 132 valence electrons. The lowest BCUT2D eigenvalue weighted by atomic mass is 10.1. The lowest BCUT2D eigenvalue weighted by Crippen LogP contribution is -2.17. The molecule has 1 aromatic carbocycles. The maximum absolute atomic E-state index is 12.7. The Labute approximate surface area is 154 Å². The van der Waals surface area contributed by atoms with Gasteiger partial charge in [0.15, 0.2) is 0 Å². The molecule has 0 saturated carbocycles. The van der Waals surface area contributed by atoms with Crippen LogP contribution in [0, 0.1) is 13.8 Å². The van der Waals surface area contributed by atoms with Gasteiger partial charge in [-0.05, 0) is 56.2 Å². The van der Waals surface area contributed by atoms with Crippen LogP contribution in [0.1, 0.15) is 29.9 Å². The van der Waals surface area contributed by atoms with Crippen molar-refractivity contribution in [2.75, 3.05) is 5.32 Å². The first kappa shape index (κ1) is 16.6. The number of H-pyrrole nitrogens is 1. The van der Waals surface area contributed by atoms with E-state index in [2.05, 4.69) is 41.3 Å². The van der Waals surface area contributed by atoms with Gasteiger partial charge in [0, 0.05) is 16.6 Å². The van der Waals surface area contributed by atoms with Crippen molar-refractivity contribution in [3.63, 3.8) is 0 Å². The van der Waals surface area contributed by atoms with Crippen LogP contribution in [0.3, 0.4) is 0 Å². The Kier molecular flexibility index (Phi) is 4.12. The van der Waals surface area contributed by atoms with Gasteiger partial charge < -0.3 is 14.7 Å². The topological polar surface area (TPSA) is 70.9 Å². The van der Waals surface area contributed by atoms with Crippen molar-refractivity contribution in [2.45, 2.75) is 26.8 Å². The third kappa shape index (κ3) is 2.93. The molecule has 0 spiro atoms. The summed E-state index contributed by atoms with van der Waals surface area (Å²) in [6, 6.07) is 9.75. The van der Waals surface area contributed by atoms with Gasteiger partial charge >= 0.3 is 0 Å². The number of aromatic amines is 1. The number of fused-ring (bicyclic) bond motifs is 1. The quantitative estimate of drug-likeness (QED) is 0.532. The molecule has 0 amide bonds. The molecule has 26 heavy (non-hydrogen) atoms. The van der Waals surface area contributed by atoms with E-state index in [-0.39, 0.29) is 11.6 Å². The highest BCUT2D eigenvalue weighted by molar-refractivity contribution is 7.17. The Morgan fingerprint density at radius 2 is 2.08 bits per heavy atom. The Bertz CT molecular complexity index is 1130. The molecule has 6 heteroatoms. The molecule has 4 rings (SSSR count). The number of anilines is 1. The average molecular weight is 365 g/mol.